The predicted octanol–water partition coefficient (Wildman–Crippen LogP) is 2.40. The summed E-state index contributed by atoms with van der Waals surface area (Å²) in [6, 6.07) is 12.6. The third-order valence-electron chi connectivity index (χ3n) is 3.06. The Labute approximate surface area is 109 Å². The van der Waals surface area contributed by atoms with Gasteiger partial charge in [0.2, 0.25) is 0 Å². The molecule has 0 aliphatic rings. The Balaban J connectivity index is 2.08. The van der Waals surface area contributed by atoms with Crippen LogP contribution in [0.5, 0.6) is 0 Å². The minimum absolute atomic E-state index is 0.0485. The maximum Gasteiger partial charge on any atom is 0.323 e. The molecular weight excluding hydrogens is 240 g/mol. The van der Waals surface area contributed by atoms with Crippen molar-refractivity contribution >= 4 is 16.8 Å². The Bertz CT molecular complexity index is 827. The van der Waals surface area contributed by atoms with Gasteiger partial charge in [-0.05, 0) is 31.2 Å². The number of hydrogen-bond acceptors (Lipinski definition) is 2. The highest BCUT2D eigenvalue weighted by molar-refractivity contribution is 6.10. The lowest BCUT2D eigenvalue weighted by Gasteiger charge is -2.02. The van der Waals surface area contributed by atoms with Crippen molar-refractivity contribution in [3.05, 3.63) is 69.6 Å². The van der Waals surface area contributed by atoms with Crippen LogP contribution in [0.3, 0.4) is 0 Å². The first kappa shape index (κ1) is 11.5. The number of aromatic nitrogens is 2. The summed E-state index contributed by atoms with van der Waals surface area (Å²) in [5, 5.41) is 0. The van der Waals surface area contributed by atoms with Crippen molar-refractivity contribution in [1.82, 2.24) is 9.97 Å². The Morgan fingerprint density at radius 2 is 1.68 bits per heavy atom. The molecule has 0 spiro atoms. The minimum atomic E-state index is -0.268. The first-order chi connectivity index (χ1) is 9.13. The molecule has 4 nitrogen and oxygen atoms in total. The molecule has 3 aromatic rings. The largest absolute Gasteiger partial charge is 0.323 e. The van der Waals surface area contributed by atoms with Crippen LogP contribution in [0.4, 0.5) is 0 Å². The molecule has 94 valence electrons. The summed E-state index contributed by atoms with van der Waals surface area (Å²) in [5.74, 6) is -0.0485. The average Bonchev–Trinajstić information content (AvgIpc) is 2.76. The van der Waals surface area contributed by atoms with Gasteiger partial charge in [-0.15, -0.1) is 0 Å². The lowest BCUT2D eigenvalue weighted by atomic mass is 10.0. The molecule has 1 aromatic heterocycles. The molecule has 4 heteroatoms. The van der Waals surface area contributed by atoms with Crippen molar-refractivity contribution in [2.24, 2.45) is 0 Å². The van der Waals surface area contributed by atoms with E-state index in [0.717, 1.165) is 5.56 Å². The zero-order valence-electron chi connectivity index (χ0n) is 10.4. The van der Waals surface area contributed by atoms with Crippen LogP contribution in [0.1, 0.15) is 21.5 Å². The van der Waals surface area contributed by atoms with E-state index >= 15 is 0 Å². The lowest BCUT2D eigenvalue weighted by Crippen LogP contribution is -2.01. The molecule has 0 aliphatic carbocycles. The average molecular weight is 252 g/mol. The van der Waals surface area contributed by atoms with Crippen molar-refractivity contribution in [2.45, 2.75) is 6.92 Å². The normalized spacial score (nSPS) is 10.8. The fraction of sp³-hybridized carbons (Fsp3) is 0.0667. The van der Waals surface area contributed by atoms with Gasteiger partial charge in [0, 0.05) is 11.1 Å². The third-order valence-corrected chi connectivity index (χ3v) is 3.06. The monoisotopic (exact) mass is 252 g/mol. The van der Waals surface area contributed by atoms with Crippen molar-refractivity contribution in [1.29, 1.82) is 0 Å². The summed E-state index contributed by atoms with van der Waals surface area (Å²) in [6.07, 6.45) is 0. The Kier molecular flexibility index (Phi) is 2.56. The molecule has 0 fully saturated rings. The molecule has 0 radical (unpaired) electrons. The fourth-order valence-corrected chi connectivity index (χ4v) is 2.13. The number of fused-ring (bicyclic) bond motifs is 1. The van der Waals surface area contributed by atoms with Crippen LogP contribution in [-0.2, 0) is 0 Å². The van der Waals surface area contributed by atoms with Gasteiger partial charge < -0.3 is 9.97 Å². The van der Waals surface area contributed by atoms with Gasteiger partial charge in [-0.1, -0.05) is 23.8 Å². The van der Waals surface area contributed by atoms with Crippen molar-refractivity contribution in [3.8, 4) is 0 Å². The maximum absolute atomic E-state index is 12.3. The van der Waals surface area contributed by atoms with E-state index in [0.29, 0.717) is 22.2 Å². The standard InChI is InChI=1S/C15H12N2O2/c1-9-3-2-4-10(7-9)14(18)11-5-6-12-13(8-11)17-15(19)16-12/h2-8H,1H3,(H2,16,17,19). The number of hydrogen-bond donors (Lipinski definition) is 2. The van der Waals surface area contributed by atoms with Crippen LogP contribution in [-0.4, -0.2) is 15.8 Å². The number of aromatic amines is 2. The highest BCUT2D eigenvalue weighted by Gasteiger charge is 2.10. The number of nitrogens with one attached hydrogen (secondary N) is 2. The van der Waals surface area contributed by atoms with Crippen molar-refractivity contribution in [2.75, 3.05) is 0 Å². The second-order valence-corrected chi connectivity index (χ2v) is 4.54. The minimum Gasteiger partial charge on any atom is -0.306 e. The van der Waals surface area contributed by atoms with Crippen LogP contribution in [0.25, 0.3) is 11.0 Å². The molecule has 0 bridgehead atoms. The molecule has 0 saturated carbocycles. The number of imidazole rings is 1. The number of benzene rings is 2. The molecule has 0 aliphatic heterocycles. The molecule has 2 aromatic carbocycles. The number of aryl methyl sites for hydroxylation is 1. The molecule has 2 N–H and O–H groups in total. The number of rotatable bonds is 2. The quantitative estimate of drug-likeness (QED) is 0.688. The van der Waals surface area contributed by atoms with E-state index in [1.54, 1.807) is 24.3 Å². The van der Waals surface area contributed by atoms with E-state index in [2.05, 4.69) is 9.97 Å². The van der Waals surface area contributed by atoms with Crippen LogP contribution in [0.2, 0.25) is 0 Å². The third kappa shape index (κ3) is 2.08. The Hall–Kier alpha value is -2.62. The molecule has 0 amide bonds. The van der Waals surface area contributed by atoms with E-state index in [1.807, 2.05) is 25.1 Å². The topological polar surface area (TPSA) is 65.7 Å². The van der Waals surface area contributed by atoms with Crippen molar-refractivity contribution in [3.63, 3.8) is 0 Å². The van der Waals surface area contributed by atoms with E-state index in [-0.39, 0.29) is 11.5 Å². The van der Waals surface area contributed by atoms with Gasteiger partial charge in [-0.3, -0.25) is 4.79 Å². The molecule has 3 rings (SSSR count). The summed E-state index contributed by atoms with van der Waals surface area (Å²) in [7, 11) is 0. The number of carbonyl (C=O) groups is 1. The van der Waals surface area contributed by atoms with Crippen molar-refractivity contribution < 1.29 is 4.79 Å². The molecule has 0 atom stereocenters. The van der Waals surface area contributed by atoms with Crippen LogP contribution in [0, 0.1) is 6.92 Å². The van der Waals surface area contributed by atoms with Gasteiger partial charge in [0.15, 0.2) is 5.78 Å². The van der Waals surface area contributed by atoms with Gasteiger partial charge in [0.05, 0.1) is 11.0 Å². The highest BCUT2D eigenvalue weighted by atomic mass is 16.1. The predicted molar refractivity (Wildman–Crippen MR) is 73.5 cm³/mol. The second kappa shape index (κ2) is 4.24. The number of ketones is 1. The summed E-state index contributed by atoms with van der Waals surface area (Å²) < 4.78 is 0. The maximum atomic E-state index is 12.3. The van der Waals surface area contributed by atoms with Crippen LogP contribution in [0.15, 0.2) is 47.3 Å². The highest BCUT2D eigenvalue weighted by Crippen LogP contribution is 2.15. The van der Waals surface area contributed by atoms with Crippen LogP contribution >= 0.6 is 0 Å². The Morgan fingerprint density at radius 1 is 0.947 bits per heavy atom. The first-order valence-corrected chi connectivity index (χ1v) is 5.97. The van der Waals surface area contributed by atoms with E-state index in [1.165, 1.54) is 0 Å². The SMILES string of the molecule is Cc1cccc(C(=O)c2ccc3[nH]c(=O)[nH]c3c2)c1. The fourth-order valence-electron chi connectivity index (χ4n) is 2.13. The van der Waals surface area contributed by atoms with Gasteiger partial charge in [0.25, 0.3) is 0 Å². The zero-order valence-corrected chi connectivity index (χ0v) is 10.4. The molecule has 1 heterocycles. The van der Waals surface area contributed by atoms with Gasteiger partial charge in [-0.2, -0.15) is 0 Å². The zero-order chi connectivity index (χ0) is 13.4. The summed E-state index contributed by atoms with van der Waals surface area (Å²) >= 11 is 0. The summed E-state index contributed by atoms with van der Waals surface area (Å²) in [4.78, 5) is 28.8. The second-order valence-electron chi connectivity index (χ2n) is 4.54. The summed E-state index contributed by atoms with van der Waals surface area (Å²) in [5.41, 5.74) is 3.33. The van der Waals surface area contributed by atoms with Gasteiger partial charge in [-0.25, -0.2) is 4.79 Å². The number of H-pyrrole nitrogens is 2. The molecule has 0 unspecified atom stereocenters. The molecular formula is C15H12N2O2. The van der Waals surface area contributed by atoms with Crippen LogP contribution < -0.4 is 5.69 Å². The smallest absolute Gasteiger partial charge is 0.306 e. The van der Waals surface area contributed by atoms with E-state index in [9.17, 15) is 9.59 Å². The van der Waals surface area contributed by atoms with Gasteiger partial charge in [0.1, 0.15) is 0 Å². The number of carbonyl (C=O) groups excluding carboxylic acids is 1. The van der Waals surface area contributed by atoms with E-state index in [4.69, 9.17) is 0 Å². The molecule has 19 heavy (non-hydrogen) atoms. The molecule has 0 saturated heterocycles. The van der Waals surface area contributed by atoms with Gasteiger partial charge >= 0.3 is 5.69 Å². The lowest BCUT2D eigenvalue weighted by molar-refractivity contribution is 0.103. The first-order valence-electron chi connectivity index (χ1n) is 5.97. The summed E-state index contributed by atoms with van der Waals surface area (Å²) in [6.45, 7) is 1.95. The van der Waals surface area contributed by atoms with E-state index < -0.39 is 0 Å². The Morgan fingerprint density at radius 3 is 2.47 bits per heavy atom.